The summed E-state index contributed by atoms with van der Waals surface area (Å²) in [4.78, 5) is 14.0. The van der Waals surface area contributed by atoms with Crippen molar-refractivity contribution in [3.63, 3.8) is 0 Å². The molecule has 86 valence electrons. The summed E-state index contributed by atoms with van der Waals surface area (Å²) in [6, 6.07) is 9.70. The first kappa shape index (κ1) is 11.5. The summed E-state index contributed by atoms with van der Waals surface area (Å²) in [6.07, 6.45) is 0. The van der Waals surface area contributed by atoms with E-state index in [1.165, 1.54) is 0 Å². The van der Waals surface area contributed by atoms with Gasteiger partial charge in [0, 0.05) is 26.2 Å². The molecule has 0 radical (unpaired) electrons. The van der Waals surface area contributed by atoms with Gasteiger partial charge in [0.25, 0.3) is 0 Å². The number of nitrogens with zero attached hydrogens (tertiary/aromatic N) is 1. The van der Waals surface area contributed by atoms with Crippen molar-refractivity contribution in [2.24, 2.45) is 0 Å². The molecule has 1 heterocycles. The molecule has 16 heavy (non-hydrogen) atoms. The fourth-order valence-corrected chi connectivity index (χ4v) is 2.17. The van der Waals surface area contributed by atoms with Crippen LogP contribution in [0.5, 0.6) is 0 Å². The number of piperazine rings is 1. The summed E-state index contributed by atoms with van der Waals surface area (Å²) in [6.45, 7) is 3.31. The number of hydrogen-bond donors (Lipinski definition) is 2. The molecule has 1 aromatic rings. The summed E-state index contributed by atoms with van der Waals surface area (Å²) >= 11 is 4.41. The Bertz CT molecular complexity index is 349. The zero-order valence-corrected chi connectivity index (χ0v) is 9.99. The highest BCUT2D eigenvalue weighted by molar-refractivity contribution is 7.81. The number of thiol groups is 1. The summed E-state index contributed by atoms with van der Waals surface area (Å²) in [5.74, 6) is 0.107. The third-order valence-corrected chi connectivity index (χ3v) is 3.30. The maximum atomic E-state index is 12.1. The molecule has 0 aliphatic carbocycles. The van der Waals surface area contributed by atoms with Crippen molar-refractivity contribution in [2.75, 3.05) is 26.2 Å². The highest BCUT2D eigenvalue weighted by Crippen LogP contribution is 2.22. The second kappa shape index (κ2) is 5.37. The first-order valence-electron chi connectivity index (χ1n) is 5.51. The number of carbonyl (C=O) groups excluding carboxylic acids is 1. The van der Waals surface area contributed by atoms with Crippen LogP contribution in [0.3, 0.4) is 0 Å². The number of benzene rings is 1. The molecule has 1 fully saturated rings. The highest BCUT2D eigenvalue weighted by Gasteiger charge is 2.23. The fraction of sp³-hybridized carbons (Fsp3) is 0.417. The molecule has 1 saturated heterocycles. The Kier molecular flexibility index (Phi) is 3.85. The number of carbonyl (C=O) groups is 1. The van der Waals surface area contributed by atoms with Gasteiger partial charge < -0.3 is 10.2 Å². The lowest BCUT2D eigenvalue weighted by Gasteiger charge is -2.29. The van der Waals surface area contributed by atoms with Crippen molar-refractivity contribution >= 4 is 18.5 Å². The second-order valence-corrected chi connectivity index (χ2v) is 4.40. The van der Waals surface area contributed by atoms with Gasteiger partial charge in [-0.1, -0.05) is 30.3 Å². The second-order valence-electron chi connectivity index (χ2n) is 3.89. The van der Waals surface area contributed by atoms with E-state index in [1.54, 1.807) is 0 Å². The van der Waals surface area contributed by atoms with E-state index < -0.39 is 0 Å². The smallest absolute Gasteiger partial charge is 0.240 e. The van der Waals surface area contributed by atoms with E-state index in [9.17, 15) is 4.79 Å². The van der Waals surface area contributed by atoms with Crippen molar-refractivity contribution in [3.8, 4) is 0 Å². The molecule has 3 nitrogen and oxygen atoms in total. The molecule has 1 amide bonds. The van der Waals surface area contributed by atoms with Crippen molar-refractivity contribution in [1.29, 1.82) is 0 Å². The van der Waals surface area contributed by atoms with Gasteiger partial charge in [0.15, 0.2) is 0 Å². The van der Waals surface area contributed by atoms with Gasteiger partial charge >= 0.3 is 0 Å². The molecule has 1 unspecified atom stereocenters. The van der Waals surface area contributed by atoms with Crippen LogP contribution in [0.2, 0.25) is 0 Å². The SMILES string of the molecule is O=C(C(S)c1ccccc1)N1CCNCC1. The van der Waals surface area contributed by atoms with Crippen LogP contribution >= 0.6 is 12.6 Å². The predicted molar refractivity (Wildman–Crippen MR) is 67.6 cm³/mol. The lowest BCUT2D eigenvalue weighted by molar-refractivity contribution is -0.131. The van der Waals surface area contributed by atoms with Gasteiger partial charge in [-0.15, -0.1) is 0 Å². The molecule has 4 heteroatoms. The van der Waals surface area contributed by atoms with E-state index in [0.717, 1.165) is 31.7 Å². The van der Waals surface area contributed by atoms with Crippen LogP contribution in [0.1, 0.15) is 10.8 Å². The lowest BCUT2D eigenvalue weighted by atomic mass is 10.1. The van der Waals surface area contributed by atoms with Crippen LogP contribution < -0.4 is 5.32 Å². The van der Waals surface area contributed by atoms with Gasteiger partial charge in [-0.05, 0) is 5.56 Å². The van der Waals surface area contributed by atoms with Gasteiger partial charge in [0.2, 0.25) is 5.91 Å². The molecule has 0 spiro atoms. The monoisotopic (exact) mass is 236 g/mol. The molecule has 1 aromatic carbocycles. The quantitative estimate of drug-likeness (QED) is 0.753. The molecular weight excluding hydrogens is 220 g/mol. The summed E-state index contributed by atoms with van der Waals surface area (Å²) in [5.41, 5.74) is 0.967. The van der Waals surface area contributed by atoms with Crippen LogP contribution in [-0.2, 0) is 4.79 Å². The fourth-order valence-electron chi connectivity index (χ4n) is 1.84. The van der Waals surface area contributed by atoms with Crippen LogP contribution in [0.4, 0.5) is 0 Å². The minimum atomic E-state index is -0.334. The average Bonchev–Trinajstić information content (AvgIpc) is 2.39. The number of rotatable bonds is 2. The predicted octanol–water partition coefficient (Wildman–Crippen LogP) is 1.09. The van der Waals surface area contributed by atoms with Crippen molar-refractivity contribution in [2.45, 2.75) is 5.25 Å². The largest absolute Gasteiger partial charge is 0.339 e. The zero-order valence-electron chi connectivity index (χ0n) is 9.10. The normalized spacial score (nSPS) is 18.2. The van der Waals surface area contributed by atoms with Crippen LogP contribution in [0.25, 0.3) is 0 Å². The van der Waals surface area contributed by atoms with Crippen LogP contribution in [-0.4, -0.2) is 37.0 Å². The maximum absolute atomic E-state index is 12.1. The lowest BCUT2D eigenvalue weighted by Crippen LogP contribution is -2.47. The number of nitrogens with one attached hydrogen (secondary N) is 1. The van der Waals surface area contributed by atoms with Gasteiger partial charge in [-0.25, -0.2) is 0 Å². The molecule has 1 aliphatic rings. The third kappa shape index (κ3) is 2.57. The van der Waals surface area contributed by atoms with Crippen LogP contribution in [0, 0.1) is 0 Å². The molecule has 1 N–H and O–H groups in total. The minimum absolute atomic E-state index is 0.107. The Hall–Kier alpha value is -1.00. The summed E-state index contributed by atoms with van der Waals surface area (Å²) < 4.78 is 0. The van der Waals surface area contributed by atoms with Gasteiger partial charge in [0.1, 0.15) is 5.25 Å². The highest BCUT2D eigenvalue weighted by atomic mass is 32.1. The first-order valence-corrected chi connectivity index (χ1v) is 6.03. The Balaban J connectivity index is 2.04. The molecule has 1 aliphatic heterocycles. The Morgan fingerprint density at radius 3 is 2.50 bits per heavy atom. The minimum Gasteiger partial charge on any atom is -0.339 e. The molecule has 2 rings (SSSR count). The molecular formula is C12H16N2OS. The van der Waals surface area contributed by atoms with E-state index in [0.29, 0.717) is 0 Å². The molecule has 1 atom stereocenters. The number of amides is 1. The van der Waals surface area contributed by atoms with Gasteiger partial charge in [-0.2, -0.15) is 12.6 Å². The molecule has 0 saturated carbocycles. The van der Waals surface area contributed by atoms with Crippen molar-refractivity contribution in [1.82, 2.24) is 10.2 Å². The van der Waals surface area contributed by atoms with Crippen molar-refractivity contribution in [3.05, 3.63) is 35.9 Å². The molecule has 0 bridgehead atoms. The van der Waals surface area contributed by atoms with E-state index in [1.807, 2.05) is 35.2 Å². The zero-order chi connectivity index (χ0) is 11.4. The Labute approximate surface area is 101 Å². The topological polar surface area (TPSA) is 32.3 Å². The van der Waals surface area contributed by atoms with E-state index in [4.69, 9.17) is 0 Å². The first-order chi connectivity index (χ1) is 7.79. The van der Waals surface area contributed by atoms with E-state index in [-0.39, 0.29) is 11.2 Å². The third-order valence-electron chi connectivity index (χ3n) is 2.78. The average molecular weight is 236 g/mol. The van der Waals surface area contributed by atoms with Crippen molar-refractivity contribution < 1.29 is 4.79 Å². The summed E-state index contributed by atoms with van der Waals surface area (Å²) in [7, 11) is 0. The number of hydrogen-bond acceptors (Lipinski definition) is 3. The van der Waals surface area contributed by atoms with Gasteiger partial charge in [-0.3, -0.25) is 4.79 Å². The Morgan fingerprint density at radius 1 is 1.25 bits per heavy atom. The Morgan fingerprint density at radius 2 is 1.88 bits per heavy atom. The summed E-state index contributed by atoms with van der Waals surface area (Å²) in [5, 5.41) is 2.90. The van der Waals surface area contributed by atoms with Crippen LogP contribution in [0.15, 0.2) is 30.3 Å². The standard InChI is InChI=1S/C12H16N2OS/c15-12(14-8-6-13-7-9-14)11(16)10-4-2-1-3-5-10/h1-5,11,13,16H,6-9H2. The van der Waals surface area contributed by atoms with E-state index in [2.05, 4.69) is 17.9 Å². The van der Waals surface area contributed by atoms with E-state index >= 15 is 0 Å². The molecule has 0 aromatic heterocycles. The van der Waals surface area contributed by atoms with Gasteiger partial charge in [0.05, 0.1) is 0 Å². The maximum Gasteiger partial charge on any atom is 0.240 e.